The van der Waals surface area contributed by atoms with Crippen LogP contribution in [0.1, 0.15) is 119 Å². The van der Waals surface area contributed by atoms with E-state index in [0.717, 1.165) is 41.5 Å². The van der Waals surface area contributed by atoms with Crippen LogP contribution in [0, 0.1) is 40.9 Å². The lowest BCUT2D eigenvalue weighted by molar-refractivity contribution is 0.122. The van der Waals surface area contributed by atoms with Crippen LogP contribution in [0.5, 0.6) is 0 Å². The summed E-state index contributed by atoms with van der Waals surface area (Å²) >= 11 is 0. The van der Waals surface area contributed by atoms with E-state index in [1.807, 2.05) is 0 Å². The Morgan fingerprint density at radius 3 is 2.29 bits per heavy atom. The van der Waals surface area contributed by atoms with Crippen LogP contribution in [0.2, 0.25) is 0 Å². The molecule has 2 aliphatic rings. The third-order valence-corrected chi connectivity index (χ3v) is 9.35. The van der Waals surface area contributed by atoms with Gasteiger partial charge in [-0.15, -0.1) is 0 Å². The maximum Gasteiger partial charge on any atom is 0.00976 e. The zero-order valence-corrected chi connectivity index (χ0v) is 20.5. The predicted molar refractivity (Wildman–Crippen MR) is 126 cm³/mol. The fraction of sp³-hybridized carbons (Fsp3) is 1.00. The first kappa shape index (κ1) is 24.2. The summed E-state index contributed by atoms with van der Waals surface area (Å²) in [5.41, 5.74) is 0.638. The summed E-state index contributed by atoms with van der Waals surface area (Å²) in [4.78, 5) is 0. The topological polar surface area (TPSA) is 12.0 Å². The molecule has 28 heavy (non-hydrogen) atoms. The highest BCUT2D eigenvalue weighted by molar-refractivity contribution is 5.10. The molecular formula is C27H53N. The van der Waals surface area contributed by atoms with E-state index >= 15 is 0 Å². The van der Waals surface area contributed by atoms with Crippen molar-refractivity contribution in [1.29, 1.82) is 0 Å². The molecule has 0 bridgehead atoms. The highest BCUT2D eigenvalue weighted by Crippen LogP contribution is 2.67. The fourth-order valence-corrected chi connectivity index (χ4v) is 7.31. The molecule has 2 aliphatic carbocycles. The maximum absolute atomic E-state index is 3.80. The predicted octanol–water partition coefficient (Wildman–Crippen LogP) is 8.09. The highest BCUT2D eigenvalue weighted by Gasteiger charge is 2.61. The van der Waals surface area contributed by atoms with E-state index in [0.29, 0.717) is 5.41 Å². The molecule has 8 unspecified atom stereocenters. The summed E-state index contributed by atoms with van der Waals surface area (Å²) in [6.07, 6.45) is 17.2. The molecule has 2 rings (SSSR count). The monoisotopic (exact) mass is 391 g/mol. The maximum atomic E-state index is 3.80. The largest absolute Gasteiger partial charge is 0.317 e. The minimum atomic E-state index is 0.638. The van der Waals surface area contributed by atoms with Gasteiger partial charge in [-0.1, -0.05) is 92.9 Å². The Labute approximate surface area is 178 Å². The van der Waals surface area contributed by atoms with Crippen molar-refractivity contribution >= 4 is 0 Å². The van der Waals surface area contributed by atoms with Gasteiger partial charge >= 0.3 is 0 Å². The minimum Gasteiger partial charge on any atom is -0.317 e. The molecule has 0 spiro atoms. The molecule has 8 atom stereocenters. The molecule has 166 valence electrons. The summed E-state index contributed by atoms with van der Waals surface area (Å²) in [6, 6.07) is 0.718. The Hall–Kier alpha value is -0.0400. The lowest BCUT2D eigenvalue weighted by atomic mass is 9.69. The van der Waals surface area contributed by atoms with E-state index in [1.165, 1.54) is 77.0 Å². The van der Waals surface area contributed by atoms with Crippen molar-refractivity contribution in [2.45, 2.75) is 125 Å². The van der Waals surface area contributed by atoms with Gasteiger partial charge in [-0.05, 0) is 73.7 Å². The van der Waals surface area contributed by atoms with Crippen LogP contribution in [0.25, 0.3) is 0 Å². The molecule has 0 aliphatic heterocycles. The normalized spacial score (nSPS) is 40.8. The Kier molecular flexibility index (Phi) is 9.85. The Morgan fingerprint density at radius 1 is 0.964 bits per heavy atom. The van der Waals surface area contributed by atoms with Gasteiger partial charge in [0.05, 0.1) is 0 Å². The van der Waals surface area contributed by atoms with Crippen LogP contribution in [-0.2, 0) is 0 Å². The van der Waals surface area contributed by atoms with E-state index in [1.54, 1.807) is 0 Å². The van der Waals surface area contributed by atoms with Crippen LogP contribution in [0.15, 0.2) is 0 Å². The second-order valence-electron chi connectivity index (χ2n) is 10.9. The molecule has 2 fully saturated rings. The van der Waals surface area contributed by atoms with Crippen molar-refractivity contribution in [2.75, 3.05) is 7.05 Å². The van der Waals surface area contributed by atoms with Gasteiger partial charge in [0.25, 0.3) is 0 Å². The van der Waals surface area contributed by atoms with Gasteiger partial charge in [0, 0.05) is 6.04 Å². The number of hydrogen-bond donors (Lipinski definition) is 1. The first-order chi connectivity index (χ1) is 13.4. The van der Waals surface area contributed by atoms with Crippen LogP contribution in [-0.4, -0.2) is 13.1 Å². The smallest absolute Gasteiger partial charge is 0.00976 e. The lowest BCUT2D eigenvalue weighted by Crippen LogP contribution is -2.41. The zero-order valence-electron chi connectivity index (χ0n) is 20.5. The number of hydrogen-bond acceptors (Lipinski definition) is 1. The number of fused-ring (bicyclic) bond motifs is 1. The first-order valence-electron chi connectivity index (χ1n) is 13.1. The van der Waals surface area contributed by atoms with Gasteiger partial charge in [-0.3, -0.25) is 0 Å². The quantitative estimate of drug-likeness (QED) is 0.441. The Balaban J connectivity index is 2.28. The fourth-order valence-electron chi connectivity index (χ4n) is 7.31. The van der Waals surface area contributed by atoms with Crippen molar-refractivity contribution in [3.05, 3.63) is 0 Å². The van der Waals surface area contributed by atoms with Gasteiger partial charge in [0.1, 0.15) is 0 Å². The van der Waals surface area contributed by atoms with Crippen molar-refractivity contribution < 1.29 is 0 Å². The molecule has 0 aromatic heterocycles. The van der Waals surface area contributed by atoms with E-state index < -0.39 is 0 Å². The Morgan fingerprint density at radius 2 is 1.68 bits per heavy atom. The number of nitrogens with one attached hydrogen (secondary N) is 1. The van der Waals surface area contributed by atoms with E-state index in [-0.39, 0.29) is 0 Å². The molecule has 0 aromatic rings. The molecule has 0 amide bonds. The molecule has 0 aromatic carbocycles. The molecule has 2 saturated carbocycles. The van der Waals surface area contributed by atoms with Crippen molar-refractivity contribution in [3.63, 3.8) is 0 Å². The molecule has 1 N–H and O–H groups in total. The van der Waals surface area contributed by atoms with Gasteiger partial charge in [-0.2, -0.15) is 0 Å². The summed E-state index contributed by atoms with van der Waals surface area (Å²) in [6.45, 7) is 15.0. The van der Waals surface area contributed by atoms with Crippen LogP contribution < -0.4 is 5.32 Å². The third kappa shape index (κ3) is 5.55. The first-order valence-corrected chi connectivity index (χ1v) is 13.1. The highest BCUT2D eigenvalue weighted by atomic mass is 14.9. The van der Waals surface area contributed by atoms with E-state index in [2.05, 4.69) is 53.9 Å². The number of unbranched alkanes of at least 4 members (excludes halogenated alkanes) is 1. The second-order valence-corrected chi connectivity index (χ2v) is 10.9. The molecule has 1 heteroatoms. The standard InChI is InChI=1S/C27H53N/c1-8-11-16-23-17-13-12-15-20(4)22(6)27(10-3)19-24(27)26(21(5)18-23)25(28-7)14-9-2/h20-26,28H,8-19H2,1-7H3. The van der Waals surface area contributed by atoms with Crippen LogP contribution in [0.4, 0.5) is 0 Å². The third-order valence-electron chi connectivity index (χ3n) is 9.35. The van der Waals surface area contributed by atoms with Gasteiger partial charge in [0.2, 0.25) is 0 Å². The van der Waals surface area contributed by atoms with E-state index in [9.17, 15) is 0 Å². The molecule has 0 saturated heterocycles. The average molecular weight is 392 g/mol. The number of rotatable bonds is 8. The summed E-state index contributed by atoms with van der Waals surface area (Å²) in [7, 11) is 2.24. The molecular weight excluding hydrogens is 338 g/mol. The van der Waals surface area contributed by atoms with Crippen molar-refractivity contribution in [2.24, 2.45) is 40.9 Å². The minimum absolute atomic E-state index is 0.638. The zero-order chi connectivity index (χ0) is 20.7. The van der Waals surface area contributed by atoms with Gasteiger partial charge in [-0.25, -0.2) is 0 Å². The van der Waals surface area contributed by atoms with Gasteiger partial charge in [0.15, 0.2) is 0 Å². The summed E-state index contributed by atoms with van der Waals surface area (Å²) in [5, 5.41) is 3.80. The lowest BCUT2D eigenvalue weighted by Gasteiger charge is -2.39. The average Bonchev–Trinajstić information content (AvgIpc) is 3.42. The van der Waals surface area contributed by atoms with Crippen LogP contribution in [0.3, 0.4) is 0 Å². The van der Waals surface area contributed by atoms with Crippen LogP contribution >= 0.6 is 0 Å². The molecule has 1 nitrogen and oxygen atoms in total. The Bertz CT molecular complexity index is 432. The van der Waals surface area contributed by atoms with Gasteiger partial charge < -0.3 is 5.32 Å². The summed E-state index contributed by atoms with van der Waals surface area (Å²) < 4.78 is 0. The SMILES string of the molecule is CCCCC1CCCCC(C)C(C)C2(CC)CC2C(C(CCC)NC)C(C)C1. The van der Waals surface area contributed by atoms with Crippen molar-refractivity contribution in [1.82, 2.24) is 5.32 Å². The van der Waals surface area contributed by atoms with Crippen molar-refractivity contribution in [3.8, 4) is 0 Å². The summed E-state index contributed by atoms with van der Waals surface area (Å²) in [5.74, 6) is 5.47. The van der Waals surface area contributed by atoms with E-state index in [4.69, 9.17) is 0 Å². The molecule has 0 heterocycles. The molecule has 0 radical (unpaired) electrons. The second kappa shape index (κ2) is 11.4.